The standard InChI is InChI=1S/C20H25ClN2O3/c1-20(25,15-26-19-8-6-18(24)7-9-19)14-22-10-12-23(13-11-22)17-4-2-16(21)3-5-17/h2-9,24-25H,10-15H2,1H3/t20-/m1/s1. The zero-order valence-corrected chi connectivity index (χ0v) is 15.7. The number of β-amino-alcohol motifs (C(OH)–C–C–N with tert-alkyl or cyclic N) is 1. The summed E-state index contributed by atoms with van der Waals surface area (Å²) < 4.78 is 5.66. The molecule has 5 nitrogen and oxygen atoms in total. The summed E-state index contributed by atoms with van der Waals surface area (Å²) in [6.45, 7) is 6.15. The third-order valence-electron chi connectivity index (χ3n) is 4.51. The number of hydrogen-bond donors (Lipinski definition) is 2. The maximum atomic E-state index is 10.7. The maximum absolute atomic E-state index is 10.7. The van der Waals surface area contributed by atoms with Crippen LogP contribution in [0.25, 0.3) is 0 Å². The van der Waals surface area contributed by atoms with Crippen molar-refractivity contribution in [3.63, 3.8) is 0 Å². The number of hydrogen-bond acceptors (Lipinski definition) is 5. The molecule has 1 saturated heterocycles. The average molecular weight is 377 g/mol. The Balaban J connectivity index is 1.46. The molecule has 1 aliphatic rings. The highest BCUT2D eigenvalue weighted by Crippen LogP contribution is 2.21. The van der Waals surface area contributed by atoms with Crippen LogP contribution in [0.2, 0.25) is 5.02 Å². The number of halogens is 1. The first kappa shape index (κ1) is 18.8. The van der Waals surface area contributed by atoms with E-state index in [1.165, 1.54) is 5.69 Å². The van der Waals surface area contributed by atoms with Gasteiger partial charge in [0.15, 0.2) is 0 Å². The smallest absolute Gasteiger partial charge is 0.119 e. The van der Waals surface area contributed by atoms with Crippen molar-refractivity contribution in [2.24, 2.45) is 0 Å². The lowest BCUT2D eigenvalue weighted by atomic mass is 10.1. The third-order valence-corrected chi connectivity index (χ3v) is 4.77. The Morgan fingerprint density at radius 3 is 2.23 bits per heavy atom. The molecular weight excluding hydrogens is 352 g/mol. The van der Waals surface area contributed by atoms with Gasteiger partial charge in [0.05, 0.1) is 0 Å². The summed E-state index contributed by atoms with van der Waals surface area (Å²) in [4.78, 5) is 4.58. The lowest BCUT2D eigenvalue weighted by molar-refractivity contribution is -0.0184. The summed E-state index contributed by atoms with van der Waals surface area (Å²) in [5.41, 5.74) is 0.233. The number of ether oxygens (including phenoxy) is 1. The number of aliphatic hydroxyl groups is 1. The molecule has 0 unspecified atom stereocenters. The van der Waals surface area contributed by atoms with Gasteiger partial charge in [-0.3, -0.25) is 4.90 Å². The minimum Gasteiger partial charge on any atom is -0.508 e. The van der Waals surface area contributed by atoms with E-state index in [0.717, 1.165) is 31.2 Å². The third kappa shape index (κ3) is 5.27. The minimum atomic E-state index is -0.944. The summed E-state index contributed by atoms with van der Waals surface area (Å²) in [6, 6.07) is 14.4. The molecule has 2 N–H and O–H groups in total. The van der Waals surface area contributed by atoms with Crippen molar-refractivity contribution < 1.29 is 14.9 Å². The van der Waals surface area contributed by atoms with Crippen LogP contribution in [0.15, 0.2) is 48.5 Å². The van der Waals surface area contributed by atoms with Crippen LogP contribution < -0.4 is 9.64 Å². The molecule has 2 aromatic carbocycles. The van der Waals surface area contributed by atoms with E-state index in [2.05, 4.69) is 9.80 Å². The molecule has 0 radical (unpaired) electrons. The monoisotopic (exact) mass is 376 g/mol. The van der Waals surface area contributed by atoms with E-state index in [4.69, 9.17) is 16.3 Å². The minimum absolute atomic E-state index is 0.197. The lowest BCUT2D eigenvalue weighted by Gasteiger charge is -2.39. The fraction of sp³-hybridized carbons (Fsp3) is 0.400. The Kier molecular flexibility index (Phi) is 5.91. The van der Waals surface area contributed by atoms with Gasteiger partial charge in [0.25, 0.3) is 0 Å². The first-order valence-corrected chi connectivity index (χ1v) is 9.16. The van der Waals surface area contributed by atoms with E-state index in [1.807, 2.05) is 24.3 Å². The number of phenols is 1. The Labute approximate surface area is 159 Å². The van der Waals surface area contributed by atoms with E-state index in [9.17, 15) is 10.2 Å². The molecule has 0 saturated carbocycles. The van der Waals surface area contributed by atoms with Crippen LogP contribution in [0.4, 0.5) is 5.69 Å². The number of anilines is 1. The van der Waals surface area contributed by atoms with E-state index in [0.29, 0.717) is 12.3 Å². The Morgan fingerprint density at radius 1 is 1.00 bits per heavy atom. The molecule has 0 aliphatic carbocycles. The number of nitrogens with zero attached hydrogens (tertiary/aromatic N) is 2. The van der Waals surface area contributed by atoms with Crippen LogP contribution in [0, 0.1) is 0 Å². The number of piperazine rings is 1. The number of aromatic hydroxyl groups is 1. The molecule has 1 heterocycles. The molecule has 0 bridgehead atoms. The Bertz CT molecular complexity index is 696. The van der Waals surface area contributed by atoms with Crippen molar-refractivity contribution in [1.82, 2.24) is 4.90 Å². The van der Waals surface area contributed by atoms with Gasteiger partial charge in [0, 0.05) is 43.4 Å². The summed E-state index contributed by atoms with van der Waals surface area (Å²) >= 11 is 5.95. The van der Waals surface area contributed by atoms with E-state index in [1.54, 1.807) is 31.2 Å². The van der Waals surface area contributed by atoms with Crippen LogP contribution in [-0.2, 0) is 0 Å². The summed E-state index contributed by atoms with van der Waals surface area (Å²) in [7, 11) is 0. The van der Waals surface area contributed by atoms with Crippen molar-refractivity contribution in [1.29, 1.82) is 0 Å². The zero-order valence-electron chi connectivity index (χ0n) is 14.9. The van der Waals surface area contributed by atoms with Crippen molar-refractivity contribution in [3.05, 3.63) is 53.6 Å². The summed E-state index contributed by atoms with van der Waals surface area (Å²) in [5, 5.41) is 20.7. The topological polar surface area (TPSA) is 56.2 Å². The first-order chi connectivity index (χ1) is 12.4. The zero-order chi connectivity index (χ0) is 18.6. The van der Waals surface area contributed by atoms with Crippen molar-refractivity contribution in [2.75, 3.05) is 44.2 Å². The Hall–Kier alpha value is -1.95. The molecule has 1 fully saturated rings. The van der Waals surface area contributed by atoms with Crippen molar-refractivity contribution in [2.45, 2.75) is 12.5 Å². The second-order valence-corrected chi connectivity index (χ2v) is 7.46. The molecule has 140 valence electrons. The quantitative estimate of drug-likeness (QED) is 0.811. The van der Waals surface area contributed by atoms with Crippen molar-refractivity contribution in [3.8, 4) is 11.5 Å². The van der Waals surface area contributed by atoms with Gasteiger partial charge in [0.1, 0.15) is 23.7 Å². The molecular formula is C20H25ClN2O3. The van der Waals surface area contributed by atoms with Crippen LogP contribution in [0.3, 0.4) is 0 Å². The molecule has 0 aromatic heterocycles. The van der Waals surface area contributed by atoms with Crippen LogP contribution in [0.5, 0.6) is 11.5 Å². The summed E-state index contributed by atoms with van der Waals surface area (Å²) in [6.07, 6.45) is 0. The van der Waals surface area contributed by atoms with Gasteiger partial charge < -0.3 is 19.8 Å². The Morgan fingerprint density at radius 2 is 1.62 bits per heavy atom. The fourth-order valence-corrected chi connectivity index (χ4v) is 3.25. The second kappa shape index (κ2) is 8.16. The number of rotatable bonds is 6. The molecule has 3 rings (SSSR count). The highest BCUT2D eigenvalue weighted by molar-refractivity contribution is 6.30. The molecule has 0 amide bonds. The lowest BCUT2D eigenvalue weighted by Crippen LogP contribution is -2.52. The summed E-state index contributed by atoms with van der Waals surface area (Å²) in [5.74, 6) is 0.832. The van der Waals surface area contributed by atoms with Gasteiger partial charge in [-0.25, -0.2) is 0 Å². The molecule has 0 spiro atoms. The maximum Gasteiger partial charge on any atom is 0.119 e. The largest absolute Gasteiger partial charge is 0.508 e. The SMILES string of the molecule is C[C@](O)(COc1ccc(O)cc1)CN1CCN(c2ccc(Cl)cc2)CC1. The highest BCUT2D eigenvalue weighted by atomic mass is 35.5. The average Bonchev–Trinajstić information content (AvgIpc) is 2.62. The first-order valence-electron chi connectivity index (χ1n) is 8.78. The van der Waals surface area contributed by atoms with E-state index in [-0.39, 0.29) is 12.4 Å². The highest BCUT2D eigenvalue weighted by Gasteiger charge is 2.27. The van der Waals surface area contributed by atoms with Gasteiger partial charge in [0.2, 0.25) is 0 Å². The van der Waals surface area contributed by atoms with Gasteiger partial charge in [-0.05, 0) is 55.5 Å². The molecule has 6 heteroatoms. The van der Waals surface area contributed by atoms with Crippen LogP contribution in [-0.4, -0.2) is 60.0 Å². The van der Waals surface area contributed by atoms with Crippen LogP contribution >= 0.6 is 11.6 Å². The van der Waals surface area contributed by atoms with Crippen molar-refractivity contribution >= 4 is 17.3 Å². The number of phenolic OH excluding ortho intramolecular Hbond substituents is 1. The molecule has 1 atom stereocenters. The predicted octanol–water partition coefficient (Wildman–Crippen LogP) is 3.00. The van der Waals surface area contributed by atoms with Gasteiger partial charge in [-0.2, -0.15) is 0 Å². The number of benzene rings is 2. The van der Waals surface area contributed by atoms with E-state index < -0.39 is 5.60 Å². The van der Waals surface area contributed by atoms with Crippen LogP contribution in [0.1, 0.15) is 6.92 Å². The van der Waals surface area contributed by atoms with Gasteiger partial charge in [-0.1, -0.05) is 11.6 Å². The molecule has 1 aliphatic heterocycles. The molecule has 26 heavy (non-hydrogen) atoms. The fourth-order valence-electron chi connectivity index (χ4n) is 3.12. The van der Waals surface area contributed by atoms with E-state index >= 15 is 0 Å². The normalized spacial score (nSPS) is 17.7. The van der Waals surface area contributed by atoms with Gasteiger partial charge >= 0.3 is 0 Å². The predicted molar refractivity (Wildman–Crippen MR) is 104 cm³/mol. The van der Waals surface area contributed by atoms with Gasteiger partial charge in [-0.15, -0.1) is 0 Å². The molecule has 2 aromatic rings. The second-order valence-electron chi connectivity index (χ2n) is 7.02.